The third-order valence-corrected chi connectivity index (χ3v) is 8.02. The van der Waals surface area contributed by atoms with E-state index in [2.05, 4.69) is 29.0 Å². The van der Waals surface area contributed by atoms with Crippen LogP contribution in [-0.4, -0.2) is 81.0 Å². The van der Waals surface area contributed by atoms with Gasteiger partial charge in [0.2, 0.25) is 0 Å². The quantitative estimate of drug-likeness (QED) is 0.567. The Morgan fingerprint density at radius 3 is 2.37 bits per heavy atom. The molecule has 27 heavy (non-hydrogen) atoms. The zero-order valence-corrected chi connectivity index (χ0v) is 18.0. The van der Waals surface area contributed by atoms with Crippen LogP contribution < -0.4 is 5.32 Å². The van der Waals surface area contributed by atoms with Crippen LogP contribution in [0.25, 0.3) is 0 Å². The Morgan fingerprint density at radius 1 is 1.07 bits per heavy atom. The van der Waals surface area contributed by atoms with Gasteiger partial charge in [-0.1, -0.05) is 33.1 Å². The summed E-state index contributed by atoms with van der Waals surface area (Å²) >= 11 is 0. The number of nitrogens with zero attached hydrogens (tertiary/aromatic N) is 3. The predicted octanol–water partition coefficient (Wildman–Crippen LogP) is 1.97. The molecule has 2 aliphatic heterocycles. The zero-order chi connectivity index (χ0) is 19.3. The molecule has 1 N–H and O–H groups in total. The van der Waals surface area contributed by atoms with Gasteiger partial charge in [-0.25, -0.2) is 8.42 Å². The predicted molar refractivity (Wildman–Crippen MR) is 112 cm³/mol. The highest BCUT2D eigenvalue weighted by Gasteiger charge is 2.29. The Hall–Kier alpha value is -0.820. The van der Waals surface area contributed by atoms with Crippen molar-refractivity contribution >= 4 is 15.8 Å². The summed E-state index contributed by atoms with van der Waals surface area (Å²) in [7, 11) is -2.81. The van der Waals surface area contributed by atoms with Gasteiger partial charge in [-0.2, -0.15) is 0 Å². The molecule has 0 radical (unpaired) electrons. The second kappa shape index (κ2) is 9.59. The van der Waals surface area contributed by atoms with Crippen molar-refractivity contribution in [3.63, 3.8) is 0 Å². The van der Waals surface area contributed by atoms with E-state index in [4.69, 9.17) is 4.99 Å². The maximum atomic E-state index is 11.7. The molecular formula is C20H38N4O2S. The van der Waals surface area contributed by atoms with Crippen LogP contribution in [0.2, 0.25) is 0 Å². The number of aliphatic imine (C=N–C) groups is 1. The van der Waals surface area contributed by atoms with Crippen molar-refractivity contribution in [2.24, 2.45) is 16.8 Å². The van der Waals surface area contributed by atoms with Crippen LogP contribution in [0.4, 0.5) is 0 Å². The lowest BCUT2D eigenvalue weighted by Gasteiger charge is -2.41. The van der Waals surface area contributed by atoms with E-state index in [1.54, 1.807) is 0 Å². The Bertz CT molecular complexity index is 591. The van der Waals surface area contributed by atoms with Gasteiger partial charge in [0.1, 0.15) is 0 Å². The second-order valence-electron chi connectivity index (χ2n) is 9.02. The van der Waals surface area contributed by atoms with Crippen LogP contribution in [0, 0.1) is 11.8 Å². The number of hydrogen-bond donors (Lipinski definition) is 1. The van der Waals surface area contributed by atoms with Gasteiger partial charge in [-0.15, -0.1) is 0 Å². The van der Waals surface area contributed by atoms with Gasteiger partial charge < -0.3 is 10.2 Å². The molecule has 2 heterocycles. The standard InChI is InChI=1S/C20H38N4O2S/c1-17(2)14-21-20(22-15-18-8-13-27(25,26)16-18)24-11-9-23(10-12-24)19-6-4-3-5-7-19/h17-19H,3-16H2,1-2H3,(H,21,22). The molecule has 0 spiro atoms. The van der Waals surface area contributed by atoms with Crippen LogP contribution >= 0.6 is 0 Å². The summed E-state index contributed by atoms with van der Waals surface area (Å²) < 4.78 is 23.4. The molecule has 1 unspecified atom stereocenters. The maximum Gasteiger partial charge on any atom is 0.194 e. The molecule has 3 aliphatic rings. The van der Waals surface area contributed by atoms with E-state index in [1.807, 2.05) is 0 Å². The third kappa shape index (κ3) is 6.34. The fourth-order valence-corrected chi connectivity index (χ4v) is 6.41. The van der Waals surface area contributed by atoms with Gasteiger partial charge in [-0.3, -0.25) is 9.89 Å². The fourth-order valence-electron chi connectivity index (χ4n) is 4.55. The smallest absolute Gasteiger partial charge is 0.194 e. The average molecular weight is 399 g/mol. The van der Waals surface area contributed by atoms with Gasteiger partial charge in [0.15, 0.2) is 15.8 Å². The number of rotatable bonds is 5. The number of guanidine groups is 1. The van der Waals surface area contributed by atoms with Crippen molar-refractivity contribution in [1.82, 2.24) is 15.1 Å². The van der Waals surface area contributed by atoms with Crippen molar-refractivity contribution in [3.05, 3.63) is 0 Å². The highest BCUT2D eigenvalue weighted by atomic mass is 32.2. The first-order chi connectivity index (χ1) is 12.9. The van der Waals surface area contributed by atoms with Gasteiger partial charge in [-0.05, 0) is 31.1 Å². The molecule has 0 bridgehead atoms. The summed E-state index contributed by atoms with van der Waals surface area (Å²) in [6.45, 7) is 10.2. The fraction of sp³-hybridized carbons (Fsp3) is 0.950. The van der Waals surface area contributed by atoms with E-state index in [-0.39, 0.29) is 5.92 Å². The molecule has 156 valence electrons. The molecule has 2 saturated heterocycles. The minimum atomic E-state index is -2.81. The van der Waals surface area contributed by atoms with Crippen molar-refractivity contribution in [3.8, 4) is 0 Å². The normalized spacial score (nSPS) is 28.0. The van der Waals surface area contributed by atoms with Crippen LogP contribution in [0.5, 0.6) is 0 Å². The molecule has 0 aromatic heterocycles. The second-order valence-corrected chi connectivity index (χ2v) is 11.3. The van der Waals surface area contributed by atoms with Crippen molar-refractivity contribution < 1.29 is 8.42 Å². The monoisotopic (exact) mass is 398 g/mol. The van der Waals surface area contributed by atoms with E-state index in [0.717, 1.165) is 57.7 Å². The van der Waals surface area contributed by atoms with Gasteiger partial charge in [0, 0.05) is 45.3 Å². The maximum absolute atomic E-state index is 11.7. The van der Waals surface area contributed by atoms with Gasteiger partial charge in [0.05, 0.1) is 11.5 Å². The van der Waals surface area contributed by atoms with Crippen molar-refractivity contribution in [1.29, 1.82) is 0 Å². The molecule has 1 aliphatic carbocycles. The molecule has 1 saturated carbocycles. The molecule has 3 fully saturated rings. The molecular weight excluding hydrogens is 360 g/mol. The number of hydrogen-bond acceptors (Lipinski definition) is 4. The van der Waals surface area contributed by atoms with Crippen LogP contribution in [0.1, 0.15) is 52.4 Å². The molecule has 3 rings (SSSR count). The largest absolute Gasteiger partial charge is 0.356 e. The molecule has 0 aromatic rings. The van der Waals surface area contributed by atoms with Gasteiger partial charge >= 0.3 is 0 Å². The van der Waals surface area contributed by atoms with E-state index in [0.29, 0.717) is 17.4 Å². The third-order valence-electron chi connectivity index (χ3n) is 6.19. The van der Waals surface area contributed by atoms with Crippen LogP contribution in [0.15, 0.2) is 4.99 Å². The summed E-state index contributed by atoms with van der Waals surface area (Å²) in [5.74, 6) is 2.40. The minimum Gasteiger partial charge on any atom is -0.356 e. The molecule has 6 nitrogen and oxygen atoms in total. The van der Waals surface area contributed by atoms with Crippen molar-refractivity contribution in [2.45, 2.75) is 58.4 Å². The first-order valence-electron chi connectivity index (χ1n) is 10.9. The van der Waals surface area contributed by atoms with E-state index >= 15 is 0 Å². The molecule has 0 aromatic carbocycles. The number of sulfone groups is 1. The van der Waals surface area contributed by atoms with Crippen LogP contribution in [0.3, 0.4) is 0 Å². The summed E-state index contributed by atoms with van der Waals surface area (Å²) in [5.41, 5.74) is 0. The average Bonchev–Trinajstić information content (AvgIpc) is 3.01. The molecule has 1 atom stereocenters. The summed E-state index contributed by atoms with van der Waals surface area (Å²) in [6, 6.07) is 0.786. The van der Waals surface area contributed by atoms with E-state index in [1.165, 1.54) is 32.1 Å². The Morgan fingerprint density at radius 2 is 1.78 bits per heavy atom. The highest BCUT2D eigenvalue weighted by molar-refractivity contribution is 7.91. The summed E-state index contributed by atoms with van der Waals surface area (Å²) in [6.07, 6.45) is 7.69. The van der Waals surface area contributed by atoms with Crippen LogP contribution in [-0.2, 0) is 9.84 Å². The molecule has 7 heteroatoms. The Balaban J connectivity index is 1.53. The summed E-state index contributed by atoms with van der Waals surface area (Å²) in [5, 5.41) is 3.51. The summed E-state index contributed by atoms with van der Waals surface area (Å²) in [4.78, 5) is 9.91. The minimum absolute atomic E-state index is 0.225. The lowest BCUT2D eigenvalue weighted by molar-refractivity contribution is 0.105. The zero-order valence-electron chi connectivity index (χ0n) is 17.2. The Kier molecular flexibility index (Phi) is 7.42. The lowest BCUT2D eigenvalue weighted by atomic mass is 9.94. The Labute approximate surface area is 165 Å². The van der Waals surface area contributed by atoms with E-state index in [9.17, 15) is 8.42 Å². The van der Waals surface area contributed by atoms with Crippen molar-refractivity contribution in [2.75, 3.05) is 50.8 Å². The first-order valence-corrected chi connectivity index (χ1v) is 12.7. The number of nitrogens with one attached hydrogen (secondary N) is 1. The topological polar surface area (TPSA) is 65.0 Å². The van der Waals surface area contributed by atoms with E-state index < -0.39 is 9.84 Å². The lowest BCUT2D eigenvalue weighted by Crippen LogP contribution is -2.55. The van der Waals surface area contributed by atoms with Gasteiger partial charge in [0.25, 0.3) is 0 Å². The highest BCUT2D eigenvalue weighted by Crippen LogP contribution is 2.23. The molecule has 0 amide bonds. The first kappa shape index (κ1) is 20.9. The SMILES string of the molecule is CC(C)CN=C(NCC1CCS(=O)(=O)C1)N1CCN(C2CCCCC2)CC1. The number of piperazine rings is 1.